The highest BCUT2D eigenvalue weighted by Crippen LogP contribution is 2.48. The van der Waals surface area contributed by atoms with Gasteiger partial charge in [0.05, 0.1) is 0 Å². The van der Waals surface area contributed by atoms with Crippen molar-refractivity contribution in [3.05, 3.63) is 166 Å². The molecule has 0 aliphatic heterocycles. The van der Waals surface area contributed by atoms with E-state index in [0.29, 0.717) is 66.5 Å². The molecular weight excluding hydrogens is 1270 g/mol. The largest absolute Gasteiger partial charge is 0.146 e. The van der Waals surface area contributed by atoms with Crippen LogP contribution >= 0.6 is 0 Å². The van der Waals surface area contributed by atoms with Gasteiger partial charge in [0, 0.05) is 22.3 Å². The normalized spacial score (nSPS) is 12.7. The highest BCUT2D eigenvalue weighted by molar-refractivity contribution is 6.92. The molecular formula is C96H124Si4. The quantitative estimate of drug-likeness (QED) is 0.0514. The topological polar surface area (TPSA) is 0 Å². The van der Waals surface area contributed by atoms with Crippen LogP contribution in [0.5, 0.6) is 0 Å². The zero-order chi connectivity index (χ0) is 73.4. The van der Waals surface area contributed by atoms with Gasteiger partial charge in [-0.05, 0) is 249 Å². The van der Waals surface area contributed by atoms with E-state index in [0.717, 1.165) is 25.7 Å². The molecule has 0 aliphatic carbocycles. The first kappa shape index (κ1) is 77.5. The van der Waals surface area contributed by atoms with E-state index in [4.69, 9.17) is 0 Å². The van der Waals surface area contributed by atoms with Gasteiger partial charge in [0.25, 0.3) is 0 Å². The summed E-state index contributed by atoms with van der Waals surface area (Å²) in [7, 11) is -7.98. The van der Waals surface area contributed by atoms with Gasteiger partial charge in [-0.2, -0.15) is 0 Å². The average molecular weight is 1390 g/mol. The van der Waals surface area contributed by atoms with Crippen LogP contribution < -0.4 is 0 Å². The van der Waals surface area contributed by atoms with Gasteiger partial charge in [-0.3, -0.25) is 0 Å². The third kappa shape index (κ3) is 13.9. The molecule has 10 aromatic rings. The van der Waals surface area contributed by atoms with Crippen LogP contribution in [-0.4, -0.2) is 32.3 Å². The lowest BCUT2D eigenvalue weighted by Crippen LogP contribution is -2.43. The maximum atomic E-state index is 4.19. The van der Waals surface area contributed by atoms with Gasteiger partial charge < -0.3 is 0 Å². The molecule has 0 nitrogen and oxygen atoms in total. The van der Waals surface area contributed by atoms with Gasteiger partial charge in [-0.25, -0.2) is 0 Å². The van der Waals surface area contributed by atoms with E-state index < -0.39 is 32.3 Å². The van der Waals surface area contributed by atoms with Crippen LogP contribution in [0.15, 0.2) is 121 Å². The van der Waals surface area contributed by atoms with Crippen molar-refractivity contribution in [3.63, 3.8) is 0 Å². The van der Waals surface area contributed by atoms with Crippen molar-refractivity contribution in [2.75, 3.05) is 0 Å². The van der Waals surface area contributed by atoms with Crippen LogP contribution in [0.2, 0.25) is 66.5 Å². The second-order valence-corrected chi connectivity index (χ2v) is 56.0. The number of rotatable bonds is 16. The lowest BCUT2D eigenvalue weighted by molar-refractivity contribution is 0.838. The Kier molecular flexibility index (Phi) is 24.2. The molecule has 524 valence electrons. The third-order valence-corrected chi connectivity index (χ3v) is 50.3. The Balaban J connectivity index is 0.000000236. The molecule has 0 amide bonds. The first-order valence-electron chi connectivity index (χ1n) is 39.1. The minimum Gasteiger partial charge on any atom is -0.125 e. The molecule has 0 aliphatic rings. The van der Waals surface area contributed by atoms with Gasteiger partial charge >= 0.3 is 0 Å². The molecule has 0 bridgehead atoms. The fraction of sp³-hybridized carbons (Fsp3) is 0.458. The Bertz CT molecular complexity index is 4360. The summed E-state index contributed by atoms with van der Waals surface area (Å²) in [5.41, 5.74) is 34.0. The highest BCUT2D eigenvalue weighted by Gasteiger charge is 2.45. The van der Waals surface area contributed by atoms with Crippen molar-refractivity contribution < 1.29 is 0 Å². The minimum absolute atomic E-state index is 0.565. The summed E-state index contributed by atoms with van der Waals surface area (Å²) >= 11 is 0. The average Bonchev–Trinajstić information content (AvgIpc) is 0.729. The molecule has 0 fully saturated rings. The van der Waals surface area contributed by atoms with E-state index in [1.807, 2.05) is 0 Å². The molecule has 0 atom stereocenters. The Hall–Kier alpha value is -6.61. The molecule has 100 heavy (non-hydrogen) atoms. The highest BCUT2D eigenvalue weighted by atomic mass is 28.3. The predicted molar refractivity (Wildman–Crippen MR) is 462 cm³/mol. The SMILES string of the molecule is CC(C)[Si](C#Cc1c2cc3ccccc3cc2c(C#C[Si](C(C)C)(C(C)C)C(C)C)c2cc3ccccc3cc12)(C(C)C)C(C)C.CCc1cc2cc3c(C#C[Si](C(C)C)(C(C)C)C(C)C)c4cc5cc(CC)c(CC)cc5cc4c(C#C[Si](C(C)C)(C(C)C)C(C)C)c3cc2cc1CC. The van der Waals surface area contributed by atoms with Crippen LogP contribution in [0.25, 0.3) is 86.2 Å². The lowest BCUT2D eigenvalue weighted by atomic mass is 9.87. The molecule has 4 heteroatoms. The smallest absolute Gasteiger partial charge is 0.125 e. The molecule has 0 unspecified atom stereocenters. The number of benzene rings is 10. The van der Waals surface area contributed by atoms with E-state index in [9.17, 15) is 0 Å². The van der Waals surface area contributed by atoms with E-state index in [-0.39, 0.29) is 0 Å². The van der Waals surface area contributed by atoms with Gasteiger partial charge in [-0.1, -0.05) is 290 Å². The van der Waals surface area contributed by atoms with E-state index in [2.05, 4.69) is 361 Å². The van der Waals surface area contributed by atoms with Crippen LogP contribution in [0, 0.1) is 45.9 Å². The van der Waals surface area contributed by atoms with E-state index >= 15 is 0 Å². The first-order chi connectivity index (χ1) is 47.3. The van der Waals surface area contributed by atoms with Gasteiger partial charge in [0.1, 0.15) is 32.3 Å². The fourth-order valence-electron chi connectivity index (χ4n) is 19.9. The Morgan fingerprint density at radius 3 is 0.480 bits per heavy atom. The van der Waals surface area contributed by atoms with Crippen LogP contribution in [0.3, 0.4) is 0 Å². The van der Waals surface area contributed by atoms with Gasteiger partial charge in [0.2, 0.25) is 0 Å². The summed E-state index contributed by atoms with van der Waals surface area (Å²) < 4.78 is 0. The molecule has 0 spiro atoms. The van der Waals surface area contributed by atoms with Crippen molar-refractivity contribution in [1.82, 2.24) is 0 Å². The van der Waals surface area contributed by atoms with Crippen molar-refractivity contribution in [2.45, 2.75) is 286 Å². The summed E-state index contributed by atoms with van der Waals surface area (Å²) in [5, 5.41) is 20.3. The predicted octanol–water partition coefficient (Wildman–Crippen LogP) is 29.1. The Morgan fingerprint density at radius 1 is 0.210 bits per heavy atom. The standard InChI is InChI=1S/C52H70Si2.C44H54Si2/c1-17-39-25-43-29-49-47(21-23-53(33(5)6,34(7)8)35(9)10)51-31-45-27-41(19-3)42(20-4)28-46(45)32-52(51)48(50(49)30-44(43)26-40(39)18-2)22-24-54(36(11)12,37(13)14)38(15)16;1-29(2)45(30(3)4,31(5)6)23-21-39-41-25-35-17-13-15-19-37(35)27-43(41)40(22-24-46(32(7)8,33(9)10)34(11)12)44-28-38-20-16-14-18-36(38)26-42(39)44/h25-38H,17-20H2,1-16H3;13-20,25-34H,1-12H3. The maximum absolute atomic E-state index is 4.19. The van der Waals surface area contributed by atoms with Crippen molar-refractivity contribution in [1.29, 1.82) is 0 Å². The number of hydrogen-bond acceptors (Lipinski definition) is 0. The molecule has 0 N–H and O–H groups in total. The molecule has 10 aromatic carbocycles. The molecule has 0 radical (unpaired) electrons. The zero-order valence-electron chi connectivity index (χ0n) is 67.3. The molecule has 0 heterocycles. The minimum atomic E-state index is -2.02. The van der Waals surface area contributed by atoms with Crippen molar-refractivity contribution in [2.24, 2.45) is 0 Å². The second kappa shape index (κ2) is 31.1. The van der Waals surface area contributed by atoms with Crippen molar-refractivity contribution >= 4 is 118 Å². The van der Waals surface area contributed by atoms with Crippen LogP contribution in [0.4, 0.5) is 0 Å². The fourth-order valence-corrected chi connectivity index (χ4v) is 40.7. The number of hydrogen-bond donors (Lipinski definition) is 0. The van der Waals surface area contributed by atoms with E-state index in [1.165, 1.54) is 131 Å². The van der Waals surface area contributed by atoms with E-state index in [1.54, 1.807) is 0 Å². The third-order valence-electron chi connectivity index (χ3n) is 25.1. The first-order valence-corrected chi connectivity index (χ1v) is 48.1. The summed E-state index contributed by atoms with van der Waals surface area (Å²) in [6, 6.07) is 47.0. The summed E-state index contributed by atoms with van der Waals surface area (Å²) in [6.45, 7) is 67.2. The summed E-state index contributed by atoms with van der Waals surface area (Å²) in [6.07, 6.45) is 4.17. The summed E-state index contributed by atoms with van der Waals surface area (Å²) in [5.74, 6) is 16.1. The van der Waals surface area contributed by atoms with Crippen molar-refractivity contribution in [3.8, 4) is 45.9 Å². The molecule has 0 saturated carbocycles. The molecule has 0 saturated heterocycles. The molecule has 10 rings (SSSR count). The van der Waals surface area contributed by atoms with Crippen LogP contribution in [0.1, 0.15) is 238 Å². The second-order valence-electron chi connectivity index (χ2n) is 33.7. The van der Waals surface area contributed by atoms with Gasteiger partial charge in [-0.15, -0.1) is 22.2 Å². The Labute approximate surface area is 611 Å². The maximum Gasteiger partial charge on any atom is 0.146 e. The molecule has 0 aromatic heterocycles. The monoisotopic (exact) mass is 1390 g/mol. The summed E-state index contributed by atoms with van der Waals surface area (Å²) in [4.78, 5) is 0. The Morgan fingerprint density at radius 2 is 0.350 bits per heavy atom. The number of fused-ring (bicyclic) bond motifs is 8. The number of aryl methyl sites for hydroxylation is 4. The van der Waals surface area contributed by atoms with Gasteiger partial charge in [0.15, 0.2) is 0 Å². The zero-order valence-corrected chi connectivity index (χ0v) is 71.3. The van der Waals surface area contributed by atoms with Crippen LogP contribution in [-0.2, 0) is 25.7 Å². The lowest BCUT2D eigenvalue weighted by Gasteiger charge is -2.38.